The number of rotatable bonds is 9. The first-order valence-corrected chi connectivity index (χ1v) is 12.5. The van der Waals surface area contributed by atoms with Gasteiger partial charge in [0.2, 0.25) is 11.7 Å². The van der Waals surface area contributed by atoms with E-state index in [0.29, 0.717) is 29.1 Å². The Labute approximate surface area is 193 Å². The molecule has 4 aromatic rings. The lowest BCUT2D eigenvalue weighted by Crippen LogP contribution is -1.89. The Hall–Kier alpha value is -2.36. The van der Waals surface area contributed by atoms with Crippen molar-refractivity contribution < 1.29 is 9.26 Å². The molecule has 0 aliphatic rings. The Morgan fingerprint density at radius 3 is 2.39 bits per heavy atom. The van der Waals surface area contributed by atoms with Gasteiger partial charge in [0, 0.05) is 5.75 Å². The molecule has 0 N–H and O–H groups in total. The molecule has 0 aliphatic heterocycles. The number of nitrogens with zero attached hydrogens (tertiary/aromatic N) is 4. The second-order valence-electron chi connectivity index (χ2n) is 7.02. The SMILES string of the molecule is COc1ccccc1-c1noc(CSc2nnc(SCc3ccc(C(C)C)cc3)s2)n1. The topological polar surface area (TPSA) is 73.9 Å². The van der Waals surface area contributed by atoms with Gasteiger partial charge >= 0.3 is 0 Å². The van der Waals surface area contributed by atoms with Gasteiger partial charge in [-0.05, 0) is 29.2 Å². The van der Waals surface area contributed by atoms with Crippen LogP contribution < -0.4 is 4.74 Å². The second-order valence-corrected chi connectivity index (χ2v) is 10.4. The molecule has 0 saturated carbocycles. The Morgan fingerprint density at radius 1 is 0.968 bits per heavy atom. The third-order valence-electron chi connectivity index (χ3n) is 4.53. The first kappa shape index (κ1) is 21.9. The summed E-state index contributed by atoms with van der Waals surface area (Å²) in [6, 6.07) is 16.4. The van der Waals surface area contributed by atoms with Crippen molar-refractivity contribution in [2.75, 3.05) is 7.11 Å². The van der Waals surface area contributed by atoms with Crippen LogP contribution in [-0.2, 0) is 11.5 Å². The Balaban J connectivity index is 1.31. The first-order chi connectivity index (χ1) is 15.1. The highest BCUT2D eigenvalue weighted by atomic mass is 32.2. The predicted octanol–water partition coefficient (Wildman–Crippen LogP) is 6.30. The minimum Gasteiger partial charge on any atom is -0.496 e. The summed E-state index contributed by atoms with van der Waals surface area (Å²) in [6.45, 7) is 4.41. The second kappa shape index (κ2) is 10.3. The molecular formula is C22H22N4O2S3. The maximum absolute atomic E-state index is 5.39. The molecule has 0 bridgehead atoms. The third-order valence-corrected chi connectivity index (χ3v) is 7.78. The zero-order chi connectivity index (χ0) is 21.6. The molecule has 0 saturated heterocycles. The van der Waals surface area contributed by atoms with E-state index < -0.39 is 0 Å². The van der Waals surface area contributed by atoms with Crippen LogP contribution in [0.5, 0.6) is 5.75 Å². The van der Waals surface area contributed by atoms with Gasteiger partial charge in [0.1, 0.15) is 5.75 Å². The van der Waals surface area contributed by atoms with Gasteiger partial charge in [0.25, 0.3) is 0 Å². The average molecular weight is 471 g/mol. The number of para-hydroxylation sites is 1. The van der Waals surface area contributed by atoms with Crippen LogP contribution in [0.2, 0.25) is 0 Å². The number of hydrogen-bond donors (Lipinski definition) is 0. The van der Waals surface area contributed by atoms with Crippen LogP contribution in [0, 0.1) is 0 Å². The molecule has 0 aliphatic carbocycles. The molecule has 4 rings (SSSR count). The fraction of sp³-hybridized carbons (Fsp3) is 0.273. The average Bonchev–Trinajstić information content (AvgIpc) is 3.46. The quantitative estimate of drug-likeness (QED) is 0.264. The highest BCUT2D eigenvalue weighted by molar-refractivity contribution is 8.02. The van der Waals surface area contributed by atoms with Crippen LogP contribution in [0.1, 0.15) is 36.8 Å². The van der Waals surface area contributed by atoms with Gasteiger partial charge < -0.3 is 9.26 Å². The van der Waals surface area contributed by atoms with Crippen LogP contribution in [-0.4, -0.2) is 27.4 Å². The number of benzene rings is 2. The molecule has 0 radical (unpaired) electrons. The van der Waals surface area contributed by atoms with Crippen molar-refractivity contribution in [2.24, 2.45) is 0 Å². The maximum Gasteiger partial charge on any atom is 0.237 e. The summed E-state index contributed by atoms with van der Waals surface area (Å²) in [6.07, 6.45) is 0. The van der Waals surface area contributed by atoms with E-state index in [9.17, 15) is 0 Å². The first-order valence-electron chi connectivity index (χ1n) is 9.76. The molecular weight excluding hydrogens is 448 g/mol. The van der Waals surface area contributed by atoms with E-state index >= 15 is 0 Å². The lowest BCUT2D eigenvalue weighted by molar-refractivity contribution is 0.390. The lowest BCUT2D eigenvalue weighted by atomic mass is 10.0. The van der Waals surface area contributed by atoms with E-state index in [1.165, 1.54) is 11.1 Å². The summed E-state index contributed by atoms with van der Waals surface area (Å²) in [5.74, 6) is 3.74. The minimum atomic E-state index is 0.519. The summed E-state index contributed by atoms with van der Waals surface area (Å²) >= 11 is 4.83. The van der Waals surface area contributed by atoms with Gasteiger partial charge in [-0.25, -0.2) is 0 Å². The van der Waals surface area contributed by atoms with Crippen molar-refractivity contribution in [3.63, 3.8) is 0 Å². The van der Waals surface area contributed by atoms with Crippen molar-refractivity contribution in [3.05, 3.63) is 65.5 Å². The molecule has 2 aromatic carbocycles. The lowest BCUT2D eigenvalue weighted by Gasteiger charge is -2.05. The molecule has 0 spiro atoms. The van der Waals surface area contributed by atoms with Crippen molar-refractivity contribution in [1.29, 1.82) is 0 Å². The Kier molecular flexibility index (Phi) is 7.26. The fourth-order valence-electron chi connectivity index (χ4n) is 2.83. The minimum absolute atomic E-state index is 0.519. The molecule has 9 heteroatoms. The van der Waals surface area contributed by atoms with Gasteiger partial charge in [-0.1, -0.05) is 90.3 Å². The van der Waals surface area contributed by atoms with Crippen molar-refractivity contribution in [3.8, 4) is 17.1 Å². The zero-order valence-electron chi connectivity index (χ0n) is 17.4. The van der Waals surface area contributed by atoms with E-state index in [0.717, 1.165) is 20.0 Å². The van der Waals surface area contributed by atoms with Crippen molar-refractivity contribution >= 4 is 34.9 Å². The van der Waals surface area contributed by atoms with Gasteiger partial charge in [0.05, 0.1) is 18.4 Å². The third kappa shape index (κ3) is 5.66. The smallest absolute Gasteiger partial charge is 0.237 e. The van der Waals surface area contributed by atoms with E-state index in [-0.39, 0.29) is 0 Å². The van der Waals surface area contributed by atoms with Gasteiger partial charge in [-0.15, -0.1) is 10.2 Å². The molecule has 2 heterocycles. The van der Waals surface area contributed by atoms with Crippen LogP contribution in [0.15, 0.2) is 61.7 Å². The van der Waals surface area contributed by atoms with Gasteiger partial charge in [0.15, 0.2) is 8.68 Å². The molecule has 0 amide bonds. The highest BCUT2D eigenvalue weighted by Gasteiger charge is 2.14. The number of hydrogen-bond acceptors (Lipinski definition) is 9. The maximum atomic E-state index is 5.39. The summed E-state index contributed by atoms with van der Waals surface area (Å²) in [4.78, 5) is 4.48. The number of aromatic nitrogens is 4. The molecule has 2 aromatic heterocycles. The summed E-state index contributed by atoms with van der Waals surface area (Å²) in [7, 11) is 1.63. The molecule has 0 fully saturated rings. The van der Waals surface area contributed by atoms with Crippen LogP contribution in [0.3, 0.4) is 0 Å². The summed E-state index contributed by atoms with van der Waals surface area (Å²) in [5.41, 5.74) is 3.45. The Morgan fingerprint density at radius 2 is 1.68 bits per heavy atom. The van der Waals surface area contributed by atoms with E-state index in [4.69, 9.17) is 9.26 Å². The number of ether oxygens (including phenoxy) is 1. The fourth-order valence-corrected chi connectivity index (χ4v) is 5.65. The van der Waals surface area contributed by atoms with Gasteiger partial charge in [-0.3, -0.25) is 0 Å². The van der Waals surface area contributed by atoms with E-state index in [2.05, 4.69) is 58.5 Å². The van der Waals surface area contributed by atoms with E-state index in [1.807, 2.05) is 24.3 Å². The molecule has 160 valence electrons. The summed E-state index contributed by atoms with van der Waals surface area (Å²) < 4.78 is 12.6. The van der Waals surface area contributed by atoms with Crippen LogP contribution in [0.4, 0.5) is 0 Å². The largest absolute Gasteiger partial charge is 0.496 e. The molecule has 0 atom stereocenters. The van der Waals surface area contributed by atoms with Crippen molar-refractivity contribution in [1.82, 2.24) is 20.3 Å². The number of methoxy groups -OCH3 is 1. The van der Waals surface area contributed by atoms with Crippen LogP contribution >= 0.6 is 34.9 Å². The van der Waals surface area contributed by atoms with Gasteiger partial charge in [-0.2, -0.15) is 4.98 Å². The zero-order valence-corrected chi connectivity index (χ0v) is 19.9. The Bertz CT molecular complexity index is 1130. The van der Waals surface area contributed by atoms with Crippen molar-refractivity contribution in [2.45, 2.75) is 40.0 Å². The highest BCUT2D eigenvalue weighted by Crippen LogP contribution is 2.33. The summed E-state index contributed by atoms with van der Waals surface area (Å²) in [5, 5.41) is 12.6. The van der Waals surface area contributed by atoms with Crippen LogP contribution in [0.25, 0.3) is 11.4 Å². The normalized spacial score (nSPS) is 11.2. The van der Waals surface area contributed by atoms with E-state index in [1.54, 1.807) is 42.0 Å². The monoisotopic (exact) mass is 470 g/mol. The molecule has 0 unspecified atom stereocenters. The standard InChI is InChI=1S/C22H22N4O2S3/c1-14(2)16-10-8-15(9-11-16)12-29-21-24-25-22(31-21)30-13-19-23-20(26-28-19)17-6-4-5-7-18(17)27-3/h4-11,14H,12-13H2,1-3H3. The molecule has 6 nitrogen and oxygen atoms in total. The molecule has 31 heavy (non-hydrogen) atoms. The number of thioether (sulfide) groups is 2. The predicted molar refractivity (Wildman–Crippen MR) is 126 cm³/mol.